The van der Waals surface area contributed by atoms with E-state index < -0.39 is 0 Å². The SMILES string of the molecule is COc1cccc(-n2cnc(N(C)N=O)c2)c1. The summed E-state index contributed by atoms with van der Waals surface area (Å²) >= 11 is 0. The number of imidazole rings is 1. The molecule has 0 aliphatic heterocycles. The highest BCUT2D eigenvalue weighted by Gasteiger charge is 2.05. The van der Waals surface area contributed by atoms with E-state index in [2.05, 4.69) is 10.3 Å². The van der Waals surface area contributed by atoms with Crippen LogP contribution in [-0.2, 0) is 0 Å². The third-order valence-corrected chi connectivity index (χ3v) is 2.37. The molecule has 2 aromatic rings. The first kappa shape index (κ1) is 11.1. The second kappa shape index (κ2) is 4.65. The van der Waals surface area contributed by atoms with Crippen molar-refractivity contribution in [2.24, 2.45) is 5.29 Å². The van der Waals surface area contributed by atoms with E-state index in [4.69, 9.17) is 4.74 Å². The van der Waals surface area contributed by atoms with E-state index in [1.54, 1.807) is 31.2 Å². The lowest BCUT2D eigenvalue weighted by molar-refractivity contribution is 0.414. The number of ether oxygens (including phenoxy) is 1. The van der Waals surface area contributed by atoms with Gasteiger partial charge in [-0.3, -0.25) is 0 Å². The summed E-state index contributed by atoms with van der Waals surface area (Å²) in [5, 5.41) is 3.95. The highest BCUT2D eigenvalue weighted by Crippen LogP contribution is 2.18. The van der Waals surface area contributed by atoms with Gasteiger partial charge in [-0.2, -0.15) is 0 Å². The molecule has 0 saturated carbocycles. The van der Waals surface area contributed by atoms with Crippen LogP contribution in [0.25, 0.3) is 5.69 Å². The van der Waals surface area contributed by atoms with E-state index in [9.17, 15) is 4.91 Å². The van der Waals surface area contributed by atoms with E-state index in [1.165, 1.54) is 0 Å². The van der Waals surface area contributed by atoms with Gasteiger partial charge < -0.3 is 9.30 Å². The normalized spacial score (nSPS) is 10.0. The summed E-state index contributed by atoms with van der Waals surface area (Å²) in [6.07, 6.45) is 3.34. The summed E-state index contributed by atoms with van der Waals surface area (Å²) < 4.78 is 6.93. The van der Waals surface area contributed by atoms with Crippen molar-refractivity contribution in [2.45, 2.75) is 0 Å². The average Bonchev–Trinajstić information content (AvgIpc) is 2.87. The molecule has 0 unspecified atom stereocenters. The van der Waals surface area contributed by atoms with Crippen LogP contribution in [0, 0.1) is 4.91 Å². The number of nitrogens with zero attached hydrogens (tertiary/aromatic N) is 4. The topological polar surface area (TPSA) is 59.7 Å². The van der Waals surface area contributed by atoms with Crippen LogP contribution in [0.1, 0.15) is 0 Å². The first-order chi connectivity index (χ1) is 8.24. The number of rotatable bonds is 4. The number of nitroso groups, excluding NO2 is 1. The van der Waals surface area contributed by atoms with Gasteiger partial charge >= 0.3 is 0 Å². The van der Waals surface area contributed by atoms with Gasteiger partial charge in [0.1, 0.15) is 12.1 Å². The van der Waals surface area contributed by atoms with Crippen LogP contribution in [0.4, 0.5) is 5.82 Å². The fourth-order valence-corrected chi connectivity index (χ4v) is 1.43. The molecule has 0 radical (unpaired) electrons. The quantitative estimate of drug-likeness (QED) is 0.597. The van der Waals surface area contributed by atoms with Gasteiger partial charge in [0.25, 0.3) is 0 Å². The minimum absolute atomic E-state index is 0.489. The van der Waals surface area contributed by atoms with Crippen molar-refractivity contribution in [3.63, 3.8) is 0 Å². The van der Waals surface area contributed by atoms with Crippen molar-refractivity contribution in [3.8, 4) is 11.4 Å². The zero-order valence-electron chi connectivity index (χ0n) is 9.57. The van der Waals surface area contributed by atoms with E-state index in [0.29, 0.717) is 5.82 Å². The predicted octanol–water partition coefficient (Wildman–Crippen LogP) is 2.00. The van der Waals surface area contributed by atoms with Crippen molar-refractivity contribution in [1.29, 1.82) is 0 Å². The second-order valence-corrected chi connectivity index (χ2v) is 3.45. The molecule has 0 fully saturated rings. The lowest BCUT2D eigenvalue weighted by Crippen LogP contribution is -2.06. The number of aromatic nitrogens is 2. The molecule has 17 heavy (non-hydrogen) atoms. The van der Waals surface area contributed by atoms with Gasteiger partial charge in [-0.1, -0.05) is 6.07 Å². The Morgan fingerprint density at radius 2 is 2.29 bits per heavy atom. The van der Waals surface area contributed by atoms with E-state index in [0.717, 1.165) is 16.4 Å². The summed E-state index contributed by atoms with van der Waals surface area (Å²) in [7, 11) is 3.16. The van der Waals surface area contributed by atoms with Crippen LogP contribution >= 0.6 is 0 Å². The van der Waals surface area contributed by atoms with Crippen molar-refractivity contribution >= 4 is 5.82 Å². The molecule has 0 saturated heterocycles. The molecule has 1 aromatic carbocycles. The fourth-order valence-electron chi connectivity index (χ4n) is 1.43. The Kier molecular flexibility index (Phi) is 3.04. The highest BCUT2D eigenvalue weighted by molar-refractivity contribution is 5.43. The number of hydrogen-bond acceptors (Lipinski definition) is 4. The molecular weight excluding hydrogens is 220 g/mol. The molecule has 0 aliphatic rings. The third kappa shape index (κ3) is 2.25. The summed E-state index contributed by atoms with van der Waals surface area (Å²) in [4.78, 5) is 14.4. The van der Waals surface area contributed by atoms with E-state index in [-0.39, 0.29) is 0 Å². The highest BCUT2D eigenvalue weighted by atomic mass is 16.5. The molecule has 0 amide bonds. The predicted molar refractivity (Wildman–Crippen MR) is 64.3 cm³/mol. The largest absolute Gasteiger partial charge is 0.497 e. The van der Waals surface area contributed by atoms with Gasteiger partial charge in [-0.05, 0) is 12.1 Å². The zero-order chi connectivity index (χ0) is 12.3. The monoisotopic (exact) mass is 232 g/mol. The second-order valence-electron chi connectivity index (χ2n) is 3.45. The summed E-state index contributed by atoms with van der Waals surface area (Å²) in [5.74, 6) is 1.25. The molecule has 0 aliphatic carbocycles. The van der Waals surface area contributed by atoms with Crippen molar-refractivity contribution in [1.82, 2.24) is 9.55 Å². The maximum atomic E-state index is 10.4. The maximum absolute atomic E-state index is 10.4. The molecule has 0 atom stereocenters. The summed E-state index contributed by atoms with van der Waals surface area (Å²) in [5.41, 5.74) is 0.905. The average molecular weight is 232 g/mol. The standard InChI is InChI=1S/C11H12N4O2/c1-14(13-16)11-7-15(8-12-11)9-4-3-5-10(6-9)17-2/h3-8H,1-2H3. The van der Waals surface area contributed by atoms with Crippen LogP contribution in [0.3, 0.4) is 0 Å². The van der Waals surface area contributed by atoms with Gasteiger partial charge in [-0.25, -0.2) is 9.99 Å². The number of hydrogen-bond donors (Lipinski definition) is 0. The first-order valence-electron chi connectivity index (χ1n) is 5.00. The zero-order valence-corrected chi connectivity index (χ0v) is 9.57. The van der Waals surface area contributed by atoms with E-state index in [1.807, 2.05) is 24.3 Å². The Labute approximate surface area is 98.4 Å². The number of methoxy groups -OCH3 is 1. The lowest BCUT2D eigenvalue weighted by atomic mass is 10.3. The fraction of sp³-hybridized carbons (Fsp3) is 0.182. The maximum Gasteiger partial charge on any atom is 0.169 e. The summed E-state index contributed by atoms with van der Waals surface area (Å²) in [6.45, 7) is 0. The van der Waals surface area contributed by atoms with Crippen LogP contribution < -0.4 is 9.75 Å². The van der Waals surface area contributed by atoms with Gasteiger partial charge in [0.05, 0.1) is 24.3 Å². The Balaban J connectivity index is 2.33. The summed E-state index contributed by atoms with van der Waals surface area (Å²) in [6, 6.07) is 7.54. The van der Waals surface area contributed by atoms with Gasteiger partial charge in [0.2, 0.25) is 0 Å². The van der Waals surface area contributed by atoms with E-state index >= 15 is 0 Å². The molecule has 2 rings (SSSR count). The molecule has 0 spiro atoms. The van der Waals surface area contributed by atoms with Crippen LogP contribution in [0.15, 0.2) is 42.1 Å². The number of anilines is 1. The van der Waals surface area contributed by atoms with Gasteiger partial charge in [0.15, 0.2) is 5.82 Å². The van der Waals surface area contributed by atoms with Gasteiger partial charge in [0, 0.05) is 13.1 Å². The minimum atomic E-state index is 0.489. The molecule has 0 N–H and O–H groups in total. The molecule has 0 bridgehead atoms. The van der Waals surface area contributed by atoms with Crippen molar-refractivity contribution in [2.75, 3.05) is 19.2 Å². The Morgan fingerprint density at radius 1 is 1.47 bits per heavy atom. The molecule has 88 valence electrons. The molecule has 1 heterocycles. The molecular formula is C11H12N4O2. The smallest absolute Gasteiger partial charge is 0.169 e. The Bertz CT molecular complexity index is 524. The molecule has 6 nitrogen and oxygen atoms in total. The molecule has 6 heteroatoms. The molecule has 1 aromatic heterocycles. The van der Waals surface area contributed by atoms with Crippen LogP contribution in [0.5, 0.6) is 5.75 Å². The Morgan fingerprint density at radius 3 is 3.00 bits per heavy atom. The lowest BCUT2D eigenvalue weighted by Gasteiger charge is -2.05. The Hall–Kier alpha value is -2.37. The first-order valence-corrected chi connectivity index (χ1v) is 5.00. The van der Waals surface area contributed by atoms with Gasteiger partial charge in [-0.15, -0.1) is 4.91 Å². The van der Waals surface area contributed by atoms with Crippen molar-refractivity contribution in [3.05, 3.63) is 41.7 Å². The third-order valence-electron chi connectivity index (χ3n) is 2.37. The minimum Gasteiger partial charge on any atom is -0.497 e. The van der Waals surface area contributed by atoms with Crippen LogP contribution in [-0.4, -0.2) is 23.7 Å². The number of benzene rings is 1. The van der Waals surface area contributed by atoms with Crippen molar-refractivity contribution < 1.29 is 4.74 Å². The van der Waals surface area contributed by atoms with Crippen LogP contribution in [0.2, 0.25) is 0 Å².